The van der Waals surface area contributed by atoms with E-state index in [0.717, 1.165) is 21.6 Å². The number of benzene rings is 3. The molecule has 2 amide bonds. The van der Waals surface area contributed by atoms with Gasteiger partial charge in [0.15, 0.2) is 0 Å². The molecule has 3 N–H and O–H groups in total. The molecule has 0 radical (unpaired) electrons. The SMILES string of the molecule is Cc1ccc(-c2csc(NC(=O)CSc3cccc(NC(=O)c4ccccc4C(=O)O)c3)c2C#N)cc1. The fourth-order valence-corrected chi connectivity index (χ4v) is 5.24. The molecule has 1 heterocycles. The van der Waals surface area contributed by atoms with Crippen LogP contribution in [0, 0.1) is 18.3 Å². The third-order valence-electron chi connectivity index (χ3n) is 5.38. The first-order valence-electron chi connectivity index (χ1n) is 11.1. The summed E-state index contributed by atoms with van der Waals surface area (Å²) in [6.45, 7) is 1.99. The molecule has 0 aliphatic rings. The molecule has 0 aliphatic carbocycles. The first-order valence-corrected chi connectivity index (χ1v) is 13.0. The van der Waals surface area contributed by atoms with Gasteiger partial charge in [0, 0.05) is 21.5 Å². The molecular formula is C28H21N3O4S2. The average molecular weight is 528 g/mol. The molecule has 9 heteroatoms. The maximum Gasteiger partial charge on any atom is 0.336 e. The predicted molar refractivity (Wildman–Crippen MR) is 146 cm³/mol. The van der Waals surface area contributed by atoms with Gasteiger partial charge in [0.2, 0.25) is 5.91 Å². The normalized spacial score (nSPS) is 10.4. The molecule has 7 nitrogen and oxygen atoms in total. The second-order valence-corrected chi connectivity index (χ2v) is 9.93. The summed E-state index contributed by atoms with van der Waals surface area (Å²) >= 11 is 2.58. The average Bonchev–Trinajstić information content (AvgIpc) is 3.30. The summed E-state index contributed by atoms with van der Waals surface area (Å²) in [4.78, 5) is 37.4. The molecule has 0 atom stereocenters. The van der Waals surface area contributed by atoms with Gasteiger partial charge in [0.1, 0.15) is 11.1 Å². The van der Waals surface area contributed by atoms with Gasteiger partial charge in [-0.1, -0.05) is 48.0 Å². The van der Waals surface area contributed by atoms with Crippen molar-refractivity contribution in [3.8, 4) is 17.2 Å². The van der Waals surface area contributed by atoms with E-state index >= 15 is 0 Å². The highest BCUT2D eigenvalue weighted by molar-refractivity contribution is 8.00. The lowest BCUT2D eigenvalue weighted by molar-refractivity contribution is -0.113. The molecule has 0 saturated carbocycles. The predicted octanol–water partition coefficient (Wildman–Crippen LogP) is 6.28. The summed E-state index contributed by atoms with van der Waals surface area (Å²) in [7, 11) is 0. The summed E-state index contributed by atoms with van der Waals surface area (Å²) in [5, 5.41) is 26.9. The molecule has 0 spiro atoms. The molecule has 184 valence electrons. The van der Waals surface area contributed by atoms with Gasteiger partial charge in [-0.25, -0.2) is 4.79 Å². The lowest BCUT2D eigenvalue weighted by atomic mass is 10.0. The van der Waals surface area contributed by atoms with Crippen molar-refractivity contribution in [1.82, 2.24) is 0 Å². The molecule has 4 rings (SSSR count). The number of thiophene rings is 1. The van der Waals surface area contributed by atoms with Crippen LogP contribution in [-0.2, 0) is 4.79 Å². The van der Waals surface area contributed by atoms with Gasteiger partial charge in [0.25, 0.3) is 5.91 Å². The smallest absolute Gasteiger partial charge is 0.336 e. The third kappa shape index (κ3) is 6.25. The topological polar surface area (TPSA) is 119 Å². The summed E-state index contributed by atoms with van der Waals surface area (Å²) in [5.74, 6) is -1.88. The Hall–Kier alpha value is -4.39. The molecule has 0 saturated heterocycles. The number of carbonyl (C=O) groups is 3. The van der Waals surface area contributed by atoms with Gasteiger partial charge in [-0.2, -0.15) is 5.26 Å². The minimum absolute atomic E-state index is 0.0571. The zero-order chi connectivity index (χ0) is 26.4. The summed E-state index contributed by atoms with van der Waals surface area (Å²) < 4.78 is 0. The van der Waals surface area contributed by atoms with E-state index < -0.39 is 11.9 Å². The van der Waals surface area contributed by atoms with Crippen LogP contribution in [0.4, 0.5) is 10.7 Å². The van der Waals surface area contributed by atoms with Crippen LogP contribution in [0.25, 0.3) is 11.1 Å². The molecule has 1 aromatic heterocycles. The molecule has 0 bridgehead atoms. The Labute approximate surface area is 221 Å². The van der Waals surface area contributed by atoms with Crippen LogP contribution in [0.3, 0.4) is 0 Å². The van der Waals surface area contributed by atoms with E-state index in [1.165, 1.54) is 35.2 Å². The number of carbonyl (C=O) groups excluding carboxylic acids is 2. The Kier molecular flexibility index (Phi) is 8.03. The maximum atomic E-state index is 12.6. The zero-order valence-electron chi connectivity index (χ0n) is 19.6. The minimum atomic E-state index is -1.18. The molecule has 0 unspecified atom stereocenters. The highest BCUT2D eigenvalue weighted by atomic mass is 32.2. The van der Waals surface area contributed by atoms with E-state index in [1.807, 2.05) is 36.6 Å². The standard InChI is InChI=1S/C28H21N3O4S2/c1-17-9-11-18(12-10-17)24-15-37-27(23(24)14-29)31-25(32)16-36-20-6-4-5-19(13-20)30-26(33)21-7-2-3-8-22(21)28(34)35/h2-13,15H,16H2,1H3,(H,30,33)(H,31,32)(H,34,35). The number of thioether (sulfide) groups is 1. The number of aryl methyl sites for hydroxylation is 1. The number of aromatic carboxylic acids is 1. The number of anilines is 2. The van der Waals surface area contributed by atoms with Crippen LogP contribution >= 0.6 is 23.1 Å². The highest BCUT2D eigenvalue weighted by Crippen LogP contribution is 2.35. The summed E-state index contributed by atoms with van der Waals surface area (Å²) in [6.07, 6.45) is 0. The molecule has 0 fully saturated rings. The lowest BCUT2D eigenvalue weighted by Gasteiger charge is -2.09. The van der Waals surface area contributed by atoms with Crippen LogP contribution in [0.2, 0.25) is 0 Å². The number of hydrogen-bond acceptors (Lipinski definition) is 6. The first-order chi connectivity index (χ1) is 17.9. The van der Waals surface area contributed by atoms with Crippen molar-refractivity contribution in [3.05, 3.63) is 100 Å². The van der Waals surface area contributed by atoms with Crippen molar-refractivity contribution in [1.29, 1.82) is 5.26 Å². The van der Waals surface area contributed by atoms with E-state index in [1.54, 1.807) is 36.4 Å². The Bertz CT molecular complexity index is 1520. The van der Waals surface area contributed by atoms with E-state index in [-0.39, 0.29) is 22.8 Å². The maximum absolute atomic E-state index is 12.6. The third-order valence-corrected chi connectivity index (χ3v) is 7.27. The van der Waals surface area contributed by atoms with Crippen molar-refractivity contribution in [2.75, 3.05) is 16.4 Å². The second-order valence-electron chi connectivity index (χ2n) is 8.00. The van der Waals surface area contributed by atoms with Gasteiger partial charge in [-0.15, -0.1) is 23.1 Å². The molecular weight excluding hydrogens is 506 g/mol. The summed E-state index contributed by atoms with van der Waals surface area (Å²) in [5.41, 5.74) is 3.69. The fourth-order valence-electron chi connectivity index (χ4n) is 3.55. The van der Waals surface area contributed by atoms with Gasteiger partial charge in [0.05, 0.1) is 22.4 Å². The van der Waals surface area contributed by atoms with Crippen molar-refractivity contribution in [2.24, 2.45) is 0 Å². The first kappa shape index (κ1) is 25.7. The number of nitrogens with zero attached hydrogens (tertiary/aromatic N) is 1. The largest absolute Gasteiger partial charge is 0.478 e. The van der Waals surface area contributed by atoms with Crippen LogP contribution in [-0.4, -0.2) is 28.6 Å². The van der Waals surface area contributed by atoms with Gasteiger partial charge in [-0.05, 0) is 42.8 Å². The number of hydrogen-bond donors (Lipinski definition) is 3. The van der Waals surface area contributed by atoms with Gasteiger partial charge in [-0.3, -0.25) is 9.59 Å². The van der Waals surface area contributed by atoms with Crippen LogP contribution in [0.1, 0.15) is 31.8 Å². The number of carboxylic acids is 1. The van der Waals surface area contributed by atoms with Crippen molar-refractivity contribution in [2.45, 2.75) is 11.8 Å². The fraction of sp³-hybridized carbons (Fsp3) is 0.0714. The Morgan fingerprint density at radius 1 is 0.973 bits per heavy atom. The van der Waals surface area contributed by atoms with E-state index in [2.05, 4.69) is 16.7 Å². The monoisotopic (exact) mass is 527 g/mol. The molecule has 0 aliphatic heterocycles. The molecule has 37 heavy (non-hydrogen) atoms. The van der Waals surface area contributed by atoms with Crippen LogP contribution in [0.5, 0.6) is 0 Å². The quantitative estimate of drug-likeness (QED) is 0.232. The van der Waals surface area contributed by atoms with Crippen LogP contribution < -0.4 is 10.6 Å². The lowest BCUT2D eigenvalue weighted by Crippen LogP contribution is -2.16. The molecule has 3 aromatic carbocycles. The summed E-state index contributed by atoms with van der Waals surface area (Å²) in [6, 6.07) is 23.0. The van der Waals surface area contributed by atoms with E-state index in [4.69, 9.17) is 0 Å². The van der Waals surface area contributed by atoms with Crippen molar-refractivity contribution in [3.63, 3.8) is 0 Å². The number of nitrogens with one attached hydrogen (secondary N) is 2. The number of carboxylic acid groups (broad SMARTS) is 1. The van der Waals surface area contributed by atoms with Crippen molar-refractivity contribution >= 4 is 51.6 Å². The number of amides is 2. The minimum Gasteiger partial charge on any atom is -0.478 e. The molecule has 4 aromatic rings. The van der Waals surface area contributed by atoms with Crippen LogP contribution in [0.15, 0.2) is 83.1 Å². The Morgan fingerprint density at radius 2 is 1.70 bits per heavy atom. The van der Waals surface area contributed by atoms with E-state index in [0.29, 0.717) is 16.3 Å². The zero-order valence-corrected chi connectivity index (χ0v) is 21.3. The van der Waals surface area contributed by atoms with Gasteiger partial charge >= 0.3 is 5.97 Å². The highest BCUT2D eigenvalue weighted by Gasteiger charge is 2.17. The second kappa shape index (κ2) is 11.6. The number of nitriles is 1. The Balaban J connectivity index is 1.39. The Morgan fingerprint density at radius 3 is 2.41 bits per heavy atom. The van der Waals surface area contributed by atoms with Gasteiger partial charge < -0.3 is 15.7 Å². The van der Waals surface area contributed by atoms with E-state index in [9.17, 15) is 24.8 Å². The number of rotatable bonds is 8. The van der Waals surface area contributed by atoms with Crippen molar-refractivity contribution < 1.29 is 19.5 Å².